The Morgan fingerprint density at radius 3 is 2.62 bits per heavy atom. The molecule has 0 aliphatic carbocycles. The summed E-state index contributed by atoms with van der Waals surface area (Å²) in [7, 11) is 1.17. The third-order valence-corrected chi connectivity index (χ3v) is 2.79. The molecule has 0 aliphatic heterocycles. The standard InChI is InChI=1S/C15H14O6/c1-19-15(18)14-13(12(17)11(7-16)9-21-14)20-8-10-5-3-2-4-6-10/h2-6,9,16H,7-8H2,1H3. The molecular weight excluding hydrogens is 276 g/mol. The van der Waals surface area contributed by atoms with E-state index in [0.29, 0.717) is 0 Å². The predicted molar refractivity (Wildman–Crippen MR) is 73.0 cm³/mol. The van der Waals surface area contributed by atoms with Gasteiger partial charge in [-0.15, -0.1) is 0 Å². The molecule has 6 heteroatoms. The highest BCUT2D eigenvalue weighted by Gasteiger charge is 2.22. The van der Waals surface area contributed by atoms with Gasteiger partial charge in [-0.25, -0.2) is 4.79 Å². The molecule has 6 nitrogen and oxygen atoms in total. The molecule has 0 unspecified atom stereocenters. The highest BCUT2D eigenvalue weighted by molar-refractivity contribution is 5.89. The summed E-state index contributed by atoms with van der Waals surface area (Å²) in [5.74, 6) is -1.41. The topological polar surface area (TPSA) is 86.0 Å². The van der Waals surface area contributed by atoms with E-state index in [1.165, 1.54) is 7.11 Å². The Morgan fingerprint density at radius 2 is 2.00 bits per heavy atom. The summed E-state index contributed by atoms with van der Waals surface area (Å²) in [5.41, 5.74) is 0.230. The van der Waals surface area contributed by atoms with Gasteiger partial charge >= 0.3 is 5.97 Å². The van der Waals surface area contributed by atoms with Gasteiger partial charge in [-0.05, 0) is 5.56 Å². The van der Waals surface area contributed by atoms with Crippen LogP contribution in [0.15, 0.2) is 45.8 Å². The average Bonchev–Trinajstić information content (AvgIpc) is 2.53. The van der Waals surface area contributed by atoms with Crippen molar-refractivity contribution in [3.63, 3.8) is 0 Å². The van der Waals surface area contributed by atoms with Crippen LogP contribution < -0.4 is 10.2 Å². The predicted octanol–water partition coefficient (Wildman–Crippen LogP) is 1.50. The maximum atomic E-state index is 12.1. The van der Waals surface area contributed by atoms with Crippen LogP contribution in [-0.4, -0.2) is 18.2 Å². The van der Waals surface area contributed by atoms with Crippen molar-refractivity contribution >= 4 is 5.97 Å². The Kier molecular flexibility index (Phi) is 4.73. The lowest BCUT2D eigenvalue weighted by molar-refractivity contribution is 0.0552. The molecule has 110 valence electrons. The Bertz CT molecular complexity index is 674. The van der Waals surface area contributed by atoms with Crippen molar-refractivity contribution in [2.24, 2.45) is 0 Å². The summed E-state index contributed by atoms with van der Waals surface area (Å²) in [6.07, 6.45) is 1.02. The summed E-state index contributed by atoms with van der Waals surface area (Å²) in [5, 5.41) is 9.08. The molecule has 0 bridgehead atoms. The molecule has 1 aromatic carbocycles. The first-order valence-electron chi connectivity index (χ1n) is 6.18. The van der Waals surface area contributed by atoms with E-state index in [1.807, 2.05) is 30.3 Å². The van der Waals surface area contributed by atoms with Gasteiger partial charge in [0, 0.05) is 0 Å². The van der Waals surface area contributed by atoms with E-state index in [9.17, 15) is 9.59 Å². The zero-order valence-electron chi connectivity index (χ0n) is 11.4. The number of esters is 1. The molecule has 21 heavy (non-hydrogen) atoms. The molecule has 0 saturated carbocycles. The summed E-state index contributed by atoms with van der Waals surface area (Å²) in [6, 6.07) is 9.13. The van der Waals surface area contributed by atoms with Crippen LogP contribution in [0, 0.1) is 0 Å². The van der Waals surface area contributed by atoms with Gasteiger partial charge in [-0.3, -0.25) is 4.79 Å². The maximum Gasteiger partial charge on any atom is 0.378 e. The fourth-order valence-corrected chi connectivity index (χ4v) is 1.69. The summed E-state index contributed by atoms with van der Waals surface area (Å²) in [6.45, 7) is -0.421. The zero-order chi connectivity index (χ0) is 15.2. The third-order valence-electron chi connectivity index (χ3n) is 2.79. The number of aliphatic hydroxyl groups excluding tert-OH is 1. The molecule has 0 spiro atoms. The normalized spacial score (nSPS) is 10.2. The second-order valence-corrected chi connectivity index (χ2v) is 4.17. The van der Waals surface area contributed by atoms with Crippen LogP contribution in [0.5, 0.6) is 5.75 Å². The monoisotopic (exact) mass is 290 g/mol. The van der Waals surface area contributed by atoms with Crippen molar-refractivity contribution in [2.75, 3.05) is 7.11 Å². The van der Waals surface area contributed by atoms with Crippen molar-refractivity contribution in [3.8, 4) is 5.75 Å². The van der Waals surface area contributed by atoms with Crippen LogP contribution in [0.4, 0.5) is 0 Å². The van der Waals surface area contributed by atoms with Crippen molar-refractivity contribution in [2.45, 2.75) is 13.2 Å². The van der Waals surface area contributed by atoms with E-state index in [1.54, 1.807) is 0 Å². The Hall–Kier alpha value is -2.60. The van der Waals surface area contributed by atoms with E-state index >= 15 is 0 Å². The minimum atomic E-state index is -0.820. The first kappa shape index (κ1) is 14.8. The van der Waals surface area contributed by atoms with Crippen LogP contribution in [0.3, 0.4) is 0 Å². The van der Waals surface area contributed by atoms with Gasteiger partial charge < -0.3 is 19.0 Å². The second-order valence-electron chi connectivity index (χ2n) is 4.17. The van der Waals surface area contributed by atoms with Crippen LogP contribution in [0.1, 0.15) is 21.7 Å². The molecule has 0 radical (unpaired) electrons. The maximum absolute atomic E-state index is 12.1. The van der Waals surface area contributed by atoms with E-state index in [0.717, 1.165) is 11.8 Å². The number of carbonyl (C=O) groups excluding carboxylic acids is 1. The lowest BCUT2D eigenvalue weighted by Gasteiger charge is -2.09. The van der Waals surface area contributed by atoms with Gasteiger partial charge in [0.05, 0.1) is 19.3 Å². The van der Waals surface area contributed by atoms with E-state index < -0.39 is 18.0 Å². The second kappa shape index (κ2) is 6.71. The van der Waals surface area contributed by atoms with Gasteiger partial charge in [-0.1, -0.05) is 30.3 Å². The average molecular weight is 290 g/mol. The molecule has 0 atom stereocenters. The molecule has 0 fully saturated rings. The third kappa shape index (κ3) is 3.29. The van der Waals surface area contributed by atoms with E-state index in [4.69, 9.17) is 14.3 Å². The number of benzene rings is 1. The zero-order valence-corrected chi connectivity index (χ0v) is 11.4. The molecule has 1 N–H and O–H groups in total. The highest BCUT2D eigenvalue weighted by atomic mass is 16.5. The largest absolute Gasteiger partial charge is 0.481 e. The Balaban J connectivity index is 2.35. The smallest absolute Gasteiger partial charge is 0.378 e. The van der Waals surface area contributed by atoms with Crippen molar-refractivity contribution in [3.05, 3.63) is 63.7 Å². The van der Waals surface area contributed by atoms with Crippen molar-refractivity contribution in [1.29, 1.82) is 0 Å². The first-order chi connectivity index (χ1) is 10.2. The van der Waals surface area contributed by atoms with Gasteiger partial charge in [0.1, 0.15) is 12.9 Å². The minimum Gasteiger partial charge on any atom is -0.481 e. The number of rotatable bonds is 5. The molecule has 0 amide bonds. The fourth-order valence-electron chi connectivity index (χ4n) is 1.69. The number of methoxy groups -OCH3 is 1. The van der Waals surface area contributed by atoms with E-state index in [2.05, 4.69) is 4.74 Å². The lowest BCUT2D eigenvalue weighted by atomic mass is 10.2. The lowest BCUT2D eigenvalue weighted by Crippen LogP contribution is -2.18. The fraction of sp³-hybridized carbons (Fsp3) is 0.200. The molecule has 0 aliphatic rings. The number of aliphatic hydroxyl groups is 1. The van der Waals surface area contributed by atoms with Gasteiger partial charge in [0.2, 0.25) is 11.2 Å². The molecule has 2 aromatic rings. The number of hydrogen-bond acceptors (Lipinski definition) is 6. The van der Waals surface area contributed by atoms with Crippen molar-refractivity contribution in [1.82, 2.24) is 0 Å². The molecular formula is C15H14O6. The Labute approximate surface area is 120 Å². The summed E-state index contributed by atoms with van der Waals surface area (Å²) >= 11 is 0. The van der Waals surface area contributed by atoms with Crippen LogP contribution in [0.25, 0.3) is 0 Å². The minimum absolute atomic E-state index is 0.00529. The molecule has 1 heterocycles. The molecule has 0 saturated heterocycles. The van der Waals surface area contributed by atoms with Crippen molar-refractivity contribution < 1.29 is 23.8 Å². The molecule has 1 aromatic heterocycles. The first-order valence-corrected chi connectivity index (χ1v) is 6.18. The van der Waals surface area contributed by atoms with Crippen LogP contribution in [0.2, 0.25) is 0 Å². The summed E-state index contributed by atoms with van der Waals surface area (Å²) in [4.78, 5) is 23.7. The summed E-state index contributed by atoms with van der Waals surface area (Å²) < 4.78 is 15.0. The SMILES string of the molecule is COC(=O)c1occ(CO)c(=O)c1OCc1ccccc1. The molecule has 2 rings (SSSR count). The quantitative estimate of drug-likeness (QED) is 0.840. The highest BCUT2D eigenvalue weighted by Crippen LogP contribution is 2.17. The Morgan fingerprint density at radius 1 is 1.29 bits per heavy atom. The van der Waals surface area contributed by atoms with Crippen LogP contribution >= 0.6 is 0 Å². The number of ether oxygens (including phenoxy) is 2. The van der Waals surface area contributed by atoms with E-state index in [-0.39, 0.29) is 23.7 Å². The van der Waals surface area contributed by atoms with Gasteiger partial charge in [-0.2, -0.15) is 0 Å². The van der Waals surface area contributed by atoms with Gasteiger partial charge in [0.15, 0.2) is 0 Å². The number of carbonyl (C=O) groups is 1. The van der Waals surface area contributed by atoms with Crippen LogP contribution in [-0.2, 0) is 18.0 Å². The number of hydrogen-bond donors (Lipinski definition) is 1. The van der Waals surface area contributed by atoms with Gasteiger partial charge in [0.25, 0.3) is 5.76 Å².